The number of hydrogen-bond acceptors (Lipinski definition) is 2. The highest BCUT2D eigenvalue weighted by molar-refractivity contribution is 5.40. The number of nitrogens with zero attached hydrogens (tertiary/aromatic N) is 2. The molecule has 4 heteroatoms. The average Bonchev–Trinajstić information content (AvgIpc) is 2.70. The van der Waals surface area contributed by atoms with Gasteiger partial charge < -0.3 is 10.3 Å². The molecular weight excluding hydrogens is 238 g/mol. The Kier molecular flexibility index (Phi) is 2.82. The predicted molar refractivity (Wildman–Crippen MR) is 75.6 cm³/mol. The zero-order chi connectivity index (χ0) is 13.5. The van der Waals surface area contributed by atoms with Crippen LogP contribution in [0.5, 0.6) is 0 Å². The van der Waals surface area contributed by atoms with E-state index in [1.54, 1.807) is 28.6 Å². The number of nitrogens with two attached hydrogens (primary N) is 1. The first-order valence-corrected chi connectivity index (χ1v) is 6.71. The lowest BCUT2D eigenvalue weighted by molar-refractivity contribution is 0.253. The summed E-state index contributed by atoms with van der Waals surface area (Å²) in [4.78, 5) is 12.0. The van der Waals surface area contributed by atoms with E-state index in [-0.39, 0.29) is 11.1 Å². The SMILES string of the molecule is Cn1ccn(-c2cccc(C3(CN)CCC3)c2)c1=O. The fourth-order valence-electron chi connectivity index (χ4n) is 2.86. The topological polar surface area (TPSA) is 52.9 Å². The van der Waals surface area contributed by atoms with Crippen LogP contribution in [0.1, 0.15) is 24.8 Å². The summed E-state index contributed by atoms with van der Waals surface area (Å²) < 4.78 is 3.25. The Labute approximate surface area is 112 Å². The maximum atomic E-state index is 12.0. The molecule has 3 rings (SSSR count). The number of benzene rings is 1. The Morgan fingerprint density at radius 3 is 2.63 bits per heavy atom. The van der Waals surface area contributed by atoms with Crippen molar-refractivity contribution in [2.24, 2.45) is 12.8 Å². The Balaban J connectivity index is 2.05. The molecule has 0 atom stereocenters. The molecule has 0 bridgehead atoms. The summed E-state index contributed by atoms with van der Waals surface area (Å²) in [6, 6.07) is 8.21. The fourth-order valence-corrected chi connectivity index (χ4v) is 2.86. The Bertz CT molecular complexity index is 644. The lowest BCUT2D eigenvalue weighted by atomic mass is 9.64. The van der Waals surface area contributed by atoms with Crippen molar-refractivity contribution in [3.05, 3.63) is 52.7 Å². The molecule has 19 heavy (non-hydrogen) atoms. The van der Waals surface area contributed by atoms with E-state index in [0.717, 1.165) is 18.5 Å². The summed E-state index contributed by atoms with van der Waals surface area (Å²) >= 11 is 0. The van der Waals surface area contributed by atoms with Gasteiger partial charge in [-0.1, -0.05) is 18.6 Å². The van der Waals surface area contributed by atoms with Crippen molar-refractivity contribution in [3.63, 3.8) is 0 Å². The maximum Gasteiger partial charge on any atom is 0.332 e. The van der Waals surface area contributed by atoms with Gasteiger partial charge in [-0.15, -0.1) is 0 Å². The van der Waals surface area contributed by atoms with Gasteiger partial charge in [-0.05, 0) is 30.5 Å². The normalized spacial score (nSPS) is 17.2. The minimum atomic E-state index is -0.0208. The minimum Gasteiger partial charge on any atom is -0.330 e. The highest BCUT2D eigenvalue weighted by atomic mass is 16.1. The fraction of sp³-hybridized carbons (Fsp3) is 0.400. The van der Waals surface area contributed by atoms with Crippen molar-refractivity contribution in [1.29, 1.82) is 0 Å². The first kappa shape index (κ1) is 12.2. The molecule has 0 saturated heterocycles. The highest BCUT2D eigenvalue weighted by Gasteiger charge is 2.37. The van der Waals surface area contributed by atoms with Gasteiger partial charge in [0.25, 0.3) is 0 Å². The molecule has 4 nitrogen and oxygen atoms in total. The Morgan fingerprint density at radius 2 is 2.11 bits per heavy atom. The largest absolute Gasteiger partial charge is 0.332 e. The zero-order valence-electron chi connectivity index (χ0n) is 11.2. The van der Waals surface area contributed by atoms with Crippen LogP contribution in [0.4, 0.5) is 0 Å². The molecule has 100 valence electrons. The van der Waals surface area contributed by atoms with Crippen molar-refractivity contribution >= 4 is 0 Å². The van der Waals surface area contributed by atoms with Crippen molar-refractivity contribution in [2.45, 2.75) is 24.7 Å². The first-order valence-electron chi connectivity index (χ1n) is 6.71. The number of hydrogen-bond donors (Lipinski definition) is 1. The van der Waals surface area contributed by atoms with Gasteiger partial charge in [0.15, 0.2) is 0 Å². The van der Waals surface area contributed by atoms with Crippen LogP contribution in [0.3, 0.4) is 0 Å². The van der Waals surface area contributed by atoms with Crippen molar-refractivity contribution in [2.75, 3.05) is 6.54 Å². The molecule has 1 aliphatic rings. The minimum absolute atomic E-state index is 0.0208. The molecule has 0 spiro atoms. The van der Waals surface area contributed by atoms with E-state index < -0.39 is 0 Å². The van der Waals surface area contributed by atoms with Crippen LogP contribution in [0, 0.1) is 0 Å². The summed E-state index contributed by atoms with van der Waals surface area (Å²) in [5, 5.41) is 0. The molecule has 1 aromatic carbocycles. The van der Waals surface area contributed by atoms with Gasteiger partial charge in [-0.3, -0.25) is 4.57 Å². The zero-order valence-corrected chi connectivity index (χ0v) is 11.2. The molecule has 0 aliphatic heterocycles. The maximum absolute atomic E-state index is 12.0. The van der Waals surface area contributed by atoms with E-state index in [2.05, 4.69) is 12.1 Å². The van der Waals surface area contributed by atoms with Gasteiger partial charge >= 0.3 is 5.69 Å². The number of aryl methyl sites for hydroxylation is 1. The third-order valence-electron chi connectivity index (χ3n) is 4.39. The molecule has 0 unspecified atom stereocenters. The van der Waals surface area contributed by atoms with Crippen molar-refractivity contribution in [1.82, 2.24) is 9.13 Å². The number of rotatable bonds is 3. The van der Waals surface area contributed by atoms with Crippen LogP contribution in [0.2, 0.25) is 0 Å². The highest BCUT2D eigenvalue weighted by Crippen LogP contribution is 2.43. The second-order valence-corrected chi connectivity index (χ2v) is 5.45. The summed E-state index contributed by atoms with van der Waals surface area (Å²) in [5.41, 5.74) is 8.24. The predicted octanol–water partition coefficient (Wildman–Crippen LogP) is 1.56. The van der Waals surface area contributed by atoms with Crippen LogP contribution in [-0.4, -0.2) is 15.7 Å². The van der Waals surface area contributed by atoms with E-state index in [4.69, 9.17) is 5.73 Å². The molecule has 1 heterocycles. The van der Waals surface area contributed by atoms with Gasteiger partial charge in [0, 0.05) is 31.4 Å². The summed E-state index contributed by atoms with van der Waals surface area (Å²) in [6.07, 6.45) is 7.12. The van der Waals surface area contributed by atoms with Gasteiger partial charge in [0.2, 0.25) is 0 Å². The van der Waals surface area contributed by atoms with Crippen LogP contribution in [-0.2, 0) is 12.5 Å². The van der Waals surface area contributed by atoms with E-state index in [9.17, 15) is 4.79 Å². The molecule has 2 aromatic rings. The lowest BCUT2D eigenvalue weighted by Gasteiger charge is -2.41. The Hall–Kier alpha value is -1.81. The van der Waals surface area contributed by atoms with Crippen LogP contribution in [0.15, 0.2) is 41.5 Å². The van der Waals surface area contributed by atoms with Crippen molar-refractivity contribution in [3.8, 4) is 5.69 Å². The third-order valence-corrected chi connectivity index (χ3v) is 4.39. The third kappa shape index (κ3) is 1.83. The van der Waals surface area contributed by atoms with Gasteiger partial charge in [0.05, 0.1) is 5.69 Å². The summed E-state index contributed by atoms with van der Waals surface area (Å²) in [5.74, 6) is 0. The summed E-state index contributed by atoms with van der Waals surface area (Å²) in [6.45, 7) is 0.681. The first-order chi connectivity index (χ1) is 9.16. The van der Waals surface area contributed by atoms with E-state index in [0.29, 0.717) is 6.54 Å². The molecule has 1 fully saturated rings. The summed E-state index contributed by atoms with van der Waals surface area (Å²) in [7, 11) is 1.76. The van der Waals surface area contributed by atoms with Crippen LogP contribution >= 0.6 is 0 Å². The lowest BCUT2D eigenvalue weighted by Crippen LogP contribution is -2.41. The molecule has 0 amide bonds. The monoisotopic (exact) mass is 257 g/mol. The van der Waals surface area contributed by atoms with Crippen LogP contribution in [0.25, 0.3) is 5.69 Å². The Morgan fingerprint density at radius 1 is 1.32 bits per heavy atom. The quantitative estimate of drug-likeness (QED) is 0.907. The van der Waals surface area contributed by atoms with E-state index >= 15 is 0 Å². The number of aromatic nitrogens is 2. The molecular formula is C15H19N3O. The molecule has 2 N–H and O–H groups in total. The van der Waals surface area contributed by atoms with Crippen molar-refractivity contribution < 1.29 is 0 Å². The second kappa shape index (κ2) is 4.38. The smallest absolute Gasteiger partial charge is 0.330 e. The van der Waals surface area contributed by atoms with Gasteiger partial charge in [-0.25, -0.2) is 4.79 Å². The van der Waals surface area contributed by atoms with E-state index in [1.807, 2.05) is 12.1 Å². The van der Waals surface area contributed by atoms with Gasteiger partial charge in [-0.2, -0.15) is 0 Å². The van der Waals surface area contributed by atoms with Gasteiger partial charge in [0.1, 0.15) is 0 Å². The van der Waals surface area contributed by atoms with E-state index in [1.165, 1.54) is 12.0 Å². The standard InChI is InChI=1S/C15H19N3O/c1-17-8-9-18(14(17)19)13-5-2-4-12(10-13)15(11-16)6-3-7-15/h2,4-5,8-10H,3,6-7,11,16H2,1H3. The van der Waals surface area contributed by atoms with Crippen LogP contribution < -0.4 is 11.4 Å². The molecule has 0 radical (unpaired) electrons. The number of imidazole rings is 1. The molecule has 1 saturated carbocycles. The average molecular weight is 257 g/mol. The molecule has 1 aliphatic carbocycles. The molecule has 1 aromatic heterocycles. The second-order valence-electron chi connectivity index (χ2n) is 5.45.